The highest BCUT2D eigenvalue weighted by Gasteiger charge is 2.16. The average molecular weight is 248 g/mol. The number of nitrogens with zero attached hydrogens (tertiary/aromatic N) is 1. The van der Waals surface area contributed by atoms with Crippen molar-refractivity contribution in [3.05, 3.63) is 34.4 Å². The number of benzene rings is 1. The largest absolute Gasteiger partial charge is 0.312 e. The van der Waals surface area contributed by atoms with Crippen molar-refractivity contribution in [2.24, 2.45) is 0 Å². The van der Waals surface area contributed by atoms with E-state index in [2.05, 4.69) is 64.1 Å². The monoisotopic (exact) mass is 248 g/mol. The molecule has 0 bridgehead atoms. The second-order valence-corrected chi connectivity index (χ2v) is 5.42. The quantitative estimate of drug-likeness (QED) is 0.831. The van der Waals surface area contributed by atoms with Gasteiger partial charge in [0.15, 0.2) is 0 Å². The fourth-order valence-corrected chi connectivity index (χ4v) is 2.85. The number of nitrogens with one attached hydrogen (secondary N) is 1. The molecular weight excluding hydrogens is 220 g/mol. The predicted molar refractivity (Wildman–Crippen MR) is 80.2 cm³/mol. The molecule has 0 aliphatic carbocycles. The van der Waals surface area contributed by atoms with Crippen LogP contribution in [-0.4, -0.2) is 32.1 Å². The van der Waals surface area contributed by atoms with Gasteiger partial charge in [0.1, 0.15) is 0 Å². The Hall–Kier alpha value is -0.860. The zero-order chi connectivity index (χ0) is 13.7. The van der Waals surface area contributed by atoms with Crippen LogP contribution in [-0.2, 0) is 0 Å². The number of rotatable bonds is 6. The van der Waals surface area contributed by atoms with Crippen LogP contribution in [0.1, 0.15) is 41.6 Å². The van der Waals surface area contributed by atoms with Gasteiger partial charge >= 0.3 is 0 Å². The molecule has 18 heavy (non-hydrogen) atoms. The molecule has 0 amide bonds. The van der Waals surface area contributed by atoms with Gasteiger partial charge in [0, 0.05) is 12.6 Å². The van der Waals surface area contributed by atoms with E-state index in [9.17, 15) is 0 Å². The van der Waals surface area contributed by atoms with Crippen LogP contribution in [0.3, 0.4) is 0 Å². The number of likely N-dealkylation sites (N-methyl/N-ethyl adjacent to an activating group) is 2. The Morgan fingerprint density at radius 2 is 1.72 bits per heavy atom. The Balaban J connectivity index is 2.95. The molecular formula is C16H28N2. The van der Waals surface area contributed by atoms with E-state index in [4.69, 9.17) is 0 Å². The van der Waals surface area contributed by atoms with E-state index in [0.717, 1.165) is 13.1 Å². The molecule has 102 valence electrons. The Kier molecular flexibility index (Phi) is 5.83. The van der Waals surface area contributed by atoms with Crippen LogP contribution >= 0.6 is 0 Å². The average Bonchev–Trinajstić information content (AvgIpc) is 2.26. The van der Waals surface area contributed by atoms with Gasteiger partial charge in [-0.3, -0.25) is 0 Å². The maximum atomic E-state index is 3.47. The summed E-state index contributed by atoms with van der Waals surface area (Å²) in [5, 5.41) is 3.47. The Morgan fingerprint density at radius 3 is 2.17 bits per heavy atom. The van der Waals surface area contributed by atoms with Crippen LogP contribution < -0.4 is 5.32 Å². The highest BCUT2D eigenvalue weighted by molar-refractivity contribution is 5.39. The summed E-state index contributed by atoms with van der Waals surface area (Å²) < 4.78 is 0. The van der Waals surface area contributed by atoms with Crippen molar-refractivity contribution >= 4 is 0 Å². The van der Waals surface area contributed by atoms with Crippen LogP contribution in [0, 0.1) is 20.8 Å². The topological polar surface area (TPSA) is 15.3 Å². The van der Waals surface area contributed by atoms with Gasteiger partial charge in [0.25, 0.3) is 0 Å². The van der Waals surface area contributed by atoms with Crippen LogP contribution in [0.15, 0.2) is 12.1 Å². The summed E-state index contributed by atoms with van der Waals surface area (Å²) in [5.74, 6) is 0. The molecule has 0 aliphatic heterocycles. The van der Waals surface area contributed by atoms with Crippen molar-refractivity contribution in [3.8, 4) is 0 Å². The lowest BCUT2D eigenvalue weighted by Crippen LogP contribution is -2.32. The number of hydrogen-bond acceptors (Lipinski definition) is 2. The summed E-state index contributed by atoms with van der Waals surface area (Å²) in [5.41, 5.74) is 5.62. The SMILES string of the molecule is CCCN(C)CC(NC)c1c(C)cc(C)cc1C. The minimum atomic E-state index is 0.419. The highest BCUT2D eigenvalue weighted by Crippen LogP contribution is 2.24. The van der Waals surface area contributed by atoms with Gasteiger partial charge < -0.3 is 10.2 Å². The van der Waals surface area contributed by atoms with Crippen LogP contribution in [0.25, 0.3) is 0 Å². The van der Waals surface area contributed by atoms with Gasteiger partial charge in [-0.05, 0) is 64.5 Å². The summed E-state index contributed by atoms with van der Waals surface area (Å²) in [7, 11) is 4.26. The first-order chi connectivity index (χ1) is 8.49. The van der Waals surface area contributed by atoms with Crippen LogP contribution in [0.2, 0.25) is 0 Å². The standard InChI is InChI=1S/C16H28N2/c1-7-8-18(6)11-15(17-5)16-13(3)9-12(2)10-14(16)4/h9-10,15,17H,7-8,11H2,1-6H3. The molecule has 0 aromatic heterocycles. The number of hydrogen-bond donors (Lipinski definition) is 1. The van der Waals surface area contributed by atoms with Crippen molar-refractivity contribution < 1.29 is 0 Å². The molecule has 0 fully saturated rings. The summed E-state index contributed by atoms with van der Waals surface area (Å²) >= 11 is 0. The Bertz CT molecular complexity index is 362. The molecule has 2 nitrogen and oxygen atoms in total. The fraction of sp³-hybridized carbons (Fsp3) is 0.625. The first kappa shape index (κ1) is 15.2. The maximum absolute atomic E-state index is 3.47. The molecule has 1 aromatic carbocycles. The molecule has 2 heteroatoms. The molecule has 1 N–H and O–H groups in total. The van der Waals surface area contributed by atoms with E-state index < -0.39 is 0 Å². The Labute approximate surface area is 112 Å². The van der Waals surface area contributed by atoms with E-state index in [0.29, 0.717) is 6.04 Å². The van der Waals surface area contributed by atoms with Crippen LogP contribution in [0.4, 0.5) is 0 Å². The highest BCUT2D eigenvalue weighted by atomic mass is 15.1. The molecule has 0 aliphatic rings. The van der Waals surface area contributed by atoms with E-state index >= 15 is 0 Å². The third-order valence-electron chi connectivity index (χ3n) is 3.53. The van der Waals surface area contributed by atoms with E-state index in [1.165, 1.54) is 28.7 Å². The molecule has 1 aromatic rings. The molecule has 1 atom stereocenters. The molecule has 0 saturated heterocycles. The van der Waals surface area contributed by atoms with Gasteiger partial charge in [-0.25, -0.2) is 0 Å². The van der Waals surface area contributed by atoms with E-state index in [-0.39, 0.29) is 0 Å². The maximum Gasteiger partial charge on any atom is 0.0452 e. The normalized spacial score (nSPS) is 13.1. The van der Waals surface area contributed by atoms with Crippen molar-refractivity contribution in [3.63, 3.8) is 0 Å². The third kappa shape index (κ3) is 3.82. The predicted octanol–water partition coefficient (Wildman–Crippen LogP) is 3.21. The van der Waals surface area contributed by atoms with Gasteiger partial charge in [-0.15, -0.1) is 0 Å². The first-order valence-electron chi connectivity index (χ1n) is 6.93. The van der Waals surface area contributed by atoms with E-state index in [1.807, 2.05) is 0 Å². The van der Waals surface area contributed by atoms with Crippen molar-refractivity contribution in [2.45, 2.75) is 40.2 Å². The summed E-state index contributed by atoms with van der Waals surface area (Å²) in [4.78, 5) is 2.40. The lowest BCUT2D eigenvalue weighted by atomic mass is 9.94. The van der Waals surface area contributed by atoms with Gasteiger partial charge in [0.05, 0.1) is 0 Å². The molecule has 0 saturated carbocycles. The summed E-state index contributed by atoms with van der Waals surface area (Å²) in [6.07, 6.45) is 1.21. The third-order valence-corrected chi connectivity index (χ3v) is 3.53. The lowest BCUT2D eigenvalue weighted by Gasteiger charge is -2.26. The zero-order valence-electron chi connectivity index (χ0n) is 12.8. The minimum Gasteiger partial charge on any atom is -0.312 e. The van der Waals surface area contributed by atoms with Gasteiger partial charge in [-0.1, -0.05) is 24.6 Å². The van der Waals surface area contributed by atoms with Crippen molar-refractivity contribution in [1.82, 2.24) is 10.2 Å². The summed E-state index contributed by atoms with van der Waals surface area (Å²) in [6, 6.07) is 4.99. The second kappa shape index (κ2) is 6.91. The zero-order valence-corrected chi connectivity index (χ0v) is 12.8. The molecule has 0 heterocycles. The van der Waals surface area contributed by atoms with Gasteiger partial charge in [0.2, 0.25) is 0 Å². The molecule has 0 spiro atoms. The molecule has 0 radical (unpaired) electrons. The van der Waals surface area contributed by atoms with Crippen molar-refractivity contribution in [1.29, 1.82) is 0 Å². The van der Waals surface area contributed by atoms with Crippen molar-refractivity contribution in [2.75, 3.05) is 27.2 Å². The van der Waals surface area contributed by atoms with Crippen LogP contribution in [0.5, 0.6) is 0 Å². The summed E-state index contributed by atoms with van der Waals surface area (Å²) in [6.45, 7) is 11.1. The number of aryl methyl sites for hydroxylation is 3. The fourth-order valence-electron chi connectivity index (χ4n) is 2.85. The second-order valence-electron chi connectivity index (χ2n) is 5.42. The first-order valence-corrected chi connectivity index (χ1v) is 6.93. The minimum absolute atomic E-state index is 0.419. The van der Waals surface area contributed by atoms with E-state index in [1.54, 1.807) is 0 Å². The molecule has 1 rings (SSSR count). The van der Waals surface area contributed by atoms with Gasteiger partial charge in [-0.2, -0.15) is 0 Å². The smallest absolute Gasteiger partial charge is 0.0452 e. The lowest BCUT2D eigenvalue weighted by molar-refractivity contribution is 0.296. The molecule has 1 unspecified atom stereocenters. The Morgan fingerprint density at radius 1 is 1.17 bits per heavy atom.